The maximum atomic E-state index is 12.1. The van der Waals surface area contributed by atoms with E-state index >= 15 is 0 Å². The number of nitrogens with zero attached hydrogens (tertiary/aromatic N) is 3. The maximum absolute atomic E-state index is 12.1. The number of benzene rings is 1. The molecule has 6 heteroatoms. The normalized spacial score (nSPS) is 16.5. The average molecular weight is 363 g/mol. The van der Waals surface area contributed by atoms with Crippen LogP contribution in [0.15, 0.2) is 36.4 Å². The summed E-state index contributed by atoms with van der Waals surface area (Å²) < 4.78 is 0. The topological polar surface area (TPSA) is 81.0 Å². The van der Waals surface area contributed by atoms with Gasteiger partial charge in [0.25, 0.3) is 0 Å². The molecule has 6 nitrogen and oxygen atoms in total. The largest absolute Gasteiger partial charge is 0.356 e. The average Bonchev–Trinajstić information content (AvgIpc) is 2.69. The van der Waals surface area contributed by atoms with Crippen LogP contribution < -0.4 is 15.5 Å². The highest BCUT2D eigenvalue weighted by Crippen LogP contribution is 2.22. The van der Waals surface area contributed by atoms with Crippen molar-refractivity contribution in [3.63, 3.8) is 0 Å². The summed E-state index contributed by atoms with van der Waals surface area (Å²) in [5.74, 6) is 1.20. The van der Waals surface area contributed by atoms with Crippen molar-refractivity contribution in [2.45, 2.75) is 26.7 Å². The van der Waals surface area contributed by atoms with E-state index in [1.54, 1.807) is 0 Å². The molecule has 0 saturated carbocycles. The van der Waals surface area contributed by atoms with Gasteiger partial charge >= 0.3 is 6.03 Å². The number of pyridine rings is 1. The second kappa shape index (κ2) is 8.54. The van der Waals surface area contributed by atoms with E-state index in [1.807, 2.05) is 50.2 Å². The smallest absolute Gasteiger partial charge is 0.319 e. The molecule has 0 radical (unpaired) electrons. The summed E-state index contributed by atoms with van der Waals surface area (Å²) >= 11 is 0. The van der Waals surface area contributed by atoms with E-state index in [2.05, 4.69) is 26.6 Å². The van der Waals surface area contributed by atoms with Crippen LogP contribution in [-0.4, -0.2) is 30.6 Å². The zero-order chi connectivity index (χ0) is 19.2. The molecule has 1 fully saturated rings. The van der Waals surface area contributed by atoms with Crippen LogP contribution in [0.25, 0.3) is 0 Å². The molecule has 1 aliphatic heterocycles. The van der Waals surface area contributed by atoms with Crippen LogP contribution >= 0.6 is 0 Å². The highest BCUT2D eigenvalue weighted by atomic mass is 16.2. The summed E-state index contributed by atoms with van der Waals surface area (Å²) in [5, 5.41) is 15.0. The molecule has 0 bridgehead atoms. The molecular weight excluding hydrogens is 338 g/mol. The first-order valence-electron chi connectivity index (χ1n) is 9.29. The van der Waals surface area contributed by atoms with Crippen molar-refractivity contribution in [3.05, 3.63) is 53.2 Å². The van der Waals surface area contributed by atoms with E-state index in [-0.39, 0.29) is 6.03 Å². The molecule has 0 spiro atoms. The molecule has 3 rings (SSSR count). The summed E-state index contributed by atoms with van der Waals surface area (Å²) in [7, 11) is 0. The van der Waals surface area contributed by atoms with Gasteiger partial charge in [-0.1, -0.05) is 23.8 Å². The Morgan fingerprint density at radius 1 is 1.26 bits per heavy atom. The van der Waals surface area contributed by atoms with Gasteiger partial charge < -0.3 is 15.5 Å². The van der Waals surface area contributed by atoms with Crippen molar-refractivity contribution in [2.24, 2.45) is 5.92 Å². The van der Waals surface area contributed by atoms with Crippen molar-refractivity contribution >= 4 is 17.5 Å². The Bertz CT molecular complexity index is 841. The summed E-state index contributed by atoms with van der Waals surface area (Å²) in [5.41, 5.74) is 3.32. The van der Waals surface area contributed by atoms with Crippen molar-refractivity contribution in [3.8, 4) is 6.07 Å². The lowest BCUT2D eigenvalue weighted by Gasteiger charge is -2.33. The summed E-state index contributed by atoms with van der Waals surface area (Å²) in [4.78, 5) is 18.8. The van der Waals surface area contributed by atoms with Gasteiger partial charge in [-0.05, 0) is 56.4 Å². The van der Waals surface area contributed by atoms with E-state index < -0.39 is 0 Å². The van der Waals surface area contributed by atoms with E-state index in [0.717, 1.165) is 48.6 Å². The third-order valence-electron chi connectivity index (χ3n) is 4.89. The number of nitrogens with one attached hydrogen (secondary N) is 2. The summed E-state index contributed by atoms with van der Waals surface area (Å²) in [6, 6.07) is 13.6. The fourth-order valence-electron chi connectivity index (χ4n) is 3.30. The zero-order valence-corrected chi connectivity index (χ0v) is 15.8. The number of piperidine rings is 1. The standard InChI is InChI=1S/C21H25N5O/c1-15-5-8-18(9-6-15)24-21(27)23-13-17-4-3-11-26(14-17)20-10-7-16(2)19(12-22)25-20/h5-10,17H,3-4,11,13-14H2,1-2H3,(H2,23,24,27). The lowest BCUT2D eigenvalue weighted by Crippen LogP contribution is -2.42. The van der Waals surface area contributed by atoms with Crippen molar-refractivity contribution in [1.82, 2.24) is 10.3 Å². The second-order valence-corrected chi connectivity index (χ2v) is 7.10. The van der Waals surface area contributed by atoms with Crippen LogP contribution in [-0.2, 0) is 0 Å². The molecule has 2 aromatic rings. The first-order chi connectivity index (χ1) is 13.0. The fourth-order valence-corrected chi connectivity index (χ4v) is 3.30. The lowest BCUT2D eigenvalue weighted by atomic mass is 9.98. The molecule has 140 valence electrons. The van der Waals surface area contributed by atoms with Gasteiger partial charge in [0.1, 0.15) is 17.6 Å². The molecule has 1 aromatic carbocycles. The number of aryl methyl sites for hydroxylation is 2. The number of amides is 2. The second-order valence-electron chi connectivity index (χ2n) is 7.10. The quantitative estimate of drug-likeness (QED) is 0.869. The number of anilines is 2. The van der Waals surface area contributed by atoms with Crippen molar-refractivity contribution in [2.75, 3.05) is 29.9 Å². The predicted molar refractivity (Wildman–Crippen MR) is 107 cm³/mol. The van der Waals surface area contributed by atoms with Crippen LogP contribution in [0.5, 0.6) is 0 Å². The first-order valence-corrected chi connectivity index (χ1v) is 9.29. The summed E-state index contributed by atoms with van der Waals surface area (Å²) in [6.45, 7) is 6.27. The molecule has 1 aliphatic rings. The van der Waals surface area contributed by atoms with Crippen molar-refractivity contribution in [1.29, 1.82) is 5.26 Å². The highest BCUT2D eigenvalue weighted by molar-refractivity contribution is 5.89. The number of hydrogen-bond donors (Lipinski definition) is 2. The van der Waals surface area contributed by atoms with Gasteiger partial charge in [0.2, 0.25) is 0 Å². The molecule has 2 amide bonds. The number of rotatable bonds is 4. The SMILES string of the molecule is Cc1ccc(NC(=O)NCC2CCCN(c3ccc(C)c(C#N)n3)C2)cc1. The molecule has 1 atom stereocenters. The Balaban J connectivity index is 1.53. The van der Waals surface area contributed by atoms with E-state index in [0.29, 0.717) is 18.2 Å². The van der Waals surface area contributed by atoms with Crippen LogP contribution in [0, 0.1) is 31.1 Å². The van der Waals surface area contributed by atoms with Gasteiger partial charge in [0, 0.05) is 25.3 Å². The van der Waals surface area contributed by atoms with Gasteiger partial charge in [-0.3, -0.25) is 0 Å². The van der Waals surface area contributed by atoms with Crippen molar-refractivity contribution < 1.29 is 4.79 Å². The minimum atomic E-state index is -0.184. The molecule has 1 saturated heterocycles. The first kappa shape index (κ1) is 18.7. The minimum absolute atomic E-state index is 0.184. The Kier molecular flexibility index (Phi) is 5.92. The van der Waals surface area contributed by atoms with Crippen LogP contribution in [0.1, 0.15) is 29.7 Å². The monoisotopic (exact) mass is 363 g/mol. The predicted octanol–water partition coefficient (Wildman–Crippen LogP) is 3.61. The molecule has 1 aromatic heterocycles. The number of carbonyl (C=O) groups is 1. The van der Waals surface area contributed by atoms with Gasteiger partial charge in [-0.15, -0.1) is 0 Å². The number of hydrogen-bond acceptors (Lipinski definition) is 4. The Morgan fingerprint density at radius 2 is 2.04 bits per heavy atom. The van der Waals surface area contributed by atoms with E-state index in [1.165, 1.54) is 0 Å². The van der Waals surface area contributed by atoms with Gasteiger partial charge in [0.05, 0.1) is 0 Å². The molecule has 1 unspecified atom stereocenters. The molecule has 0 aliphatic carbocycles. The van der Waals surface area contributed by atoms with Gasteiger partial charge in [-0.2, -0.15) is 5.26 Å². The third-order valence-corrected chi connectivity index (χ3v) is 4.89. The van der Waals surface area contributed by atoms with E-state index in [9.17, 15) is 10.1 Å². The maximum Gasteiger partial charge on any atom is 0.319 e. The fraction of sp³-hybridized carbons (Fsp3) is 0.381. The highest BCUT2D eigenvalue weighted by Gasteiger charge is 2.22. The molecular formula is C21H25N5O. The van der Waals surface area contributed by atoms with Crippen LogP contribution in [0.3, 0.4) is 0 Å². The third kappa shape index (κ3) is 4.98. The molecule has 2 N–H and O–H groups in total. The minimum Gasteiger partial charge on any atom is -0.356 e. The van der Waals surface area contributed by atoms with Crippen LogP contribution in [0.2, 0.25) is 0 Å². The molecule has 27 heavy (non-hydrogen) atoms. The van der Waals surface area contributed by atoms with E-state index in [4.69, 9.17) is 0 Å². The van der Waals surface area contributed by atoms with Crippen LogP contribution in [0.4, 0.5) is 16.3 Å². The molecule has 2 heterocycles. The van der Waals surface area contributed by atoms with Gasteiger partial charge in [-0.25, -0.2) is 9.78 Å². The Labute approximate surface area is 160 Å². The number of carbonyl (C=O) groups excluding carboxylic acids is 1. The van der Waals surface area contributed by atoms with Gasteiger partial charge in [0.15, 0.2) is 0 Å². The zero-order valence-electron chi connectivity index (χ0n) is 15.8. The number of nitriles is 1. The number of urea groups is 1. The summed E-state index contributed by atoms with van der Waals surface area (Å²) in [6.07, 6.45) is 2.11. The Morgan fingerprint density at radius 3 is 2.78 bits per heavy atom. The Hall–Kier alpha value is -3.07. The number of aromatic nitrogens is 1. The lowest BCUT2D eigenvalue weighted by molar-refractivity contribution is 0.249.